The van der Waals surface area contributed by atoms with Gasteiger partial charge in [0.1, 0.15) is 5.78 Å². The van der Waals surface area contributed by atoms with Gasteiger partial charge in [0, 0.05) is 10.7 Å². The van der Waals surface area contributed by atoms with Crippen molar-refractivity contribution in [3.63, 3.8) is 0 Å². The van der Waals surface area contributed by atoms with Gasteiger partial charge in [-0.15, -0.1) is 0 Å². The van der Waals surface area contributed by atoms with E-state index in [2.05, 4.69) is 5.32 Å². The molecule has 4 heteroatoms. The van der Waals surface area contributed by atoms with Gasteiger partial charge in [-0.05, 0) is 32.4 Å². The molecular formula is C14H16ClNO2. The molecule has 1 amide bonds. The van der Waals surface area contributed by atoms with Crippen LogP contribution in [0.5, 0.6) is 0 Å². The van der Waals surface area contributed by atoms with E-state index in [0.29, 0.717) is 17.1 Å². The third-order valence-electron chi connectivity index (χ3n) is 2.48. The van der Waals surface area contributed by atoms with E-state index in [1.165, 1.54) is 6.92 Å². The summed E-state index contributed by atoms with van der Waals surface area (Å²) in [5, 5.41) is 3.29. The number of para-hydroxylation sites is 1. The highest BCUT2D eigenvalue weighted by Crippen LogP contribution is 2.14. The Morgan fingerprint density at radius 2 is 1.89 bits per heavy atom. The Balaban J connectivity index is 2.72. The molecule has 1 aromatic rings. The molecule has 0 spiro atoms. The number of anilines is 1. The minimum Gasteiger partial charge on any atom is -0.325 e. The molecule has 1 aromatic carbocycles. The zero-order valence-electron chi connectivity index (χ0n) is 10.4. The van der Waals surface area contributed by atoms with Crippen molar-refractivity contribution in [2.45, 2.75) is 20.3 Å². The lowest BCUT2D eigenvalue weighted by atomic mass is 9.99. The fraction of sp³-hybridized carbons (Fsp3) is 0.286. The molecule has 1 rings (SSSR count). The van der Waals surface area contributed by atoms with Gasteiger partial charge < -0.3 is 5.32 Å². The first-order valence-corrected chi connectivity index (χ1v) is 6.07. The summed E-state index contributed by atoms with van der Waals surface area (Å²) in [4.78, 5) is 23.4. The van der Waals surface area contributed by atoms with E-state index in [1.54, 1.807) is 25.1 Å². The summed E-state index contributed by atoms with van der Waals surface area (Å²) in [6.45, 7) is 3.13. The van der Waals surface area contributed by atoms with Gasteiger partial charge in [0.15, 0.2) is 0 Å². The van der Waals surface area contributed by atoms with Gasteiger partial charge in [-0.25, -0.2) is 0 Å². The van der Waals surface area contributed by atoms with Crippen LogP contribution in [0, 0.1) is 5.92 Å². The maximum absolute atomic E-state index is 12.0. The number of rotatable bonds is 5. The zero-order valence-corrected chi connectivity index (χ0v) is 11.2. The number of carbonyl (C=O) groups is 2. The summed E-state index contributed by atoms with van der Waals surface area (Å²) in [6, 6.07) is 9.05. The van der Waals surface area contributed by atoms with Crippen LogP contribution in [0.4, 0.5) is 5.69 Å². The van der Waals surface area contributed by atoms with Gasteiger partial charge in [-0.1, -0.05) is 35.9 Å². The van der Waals surface area contributed by atoms with Crippen LogP contribution in [0.25, 0.3) is 0 Å². The molecule has 0 aliphatic carbocycles. The molecule has 1 atom stereocenters. The van der Waals surface area contributed by atoms with Crippen molar-refractivity contribution in [3.8, 4) is 0 Å². The van der Waals surface area contributed by atoms with E-state index >= 15 is 0 Å². The van der Waals surface area contributed by atoms with Crippen LogP contribution in [0.1, 0.15) is 20.3 Å². The van der Waals surface area contributed by atoms with E-state index < -0.39 is 5.92 Å². The number of benzene rings is 1. The Morgan fingerprint density at radius 1 is 1.28 bits per heavy atom. The number of carbonyl (C=O) groups excluding carboxylic acids is 2. The predicted octanol–water partition coefficient (Wildman–Crippen LogP) is 3.36. The minimum absolute atomic E-state index is 0.169. The molecule has 96 valence electrons. The maximum atomic E-state index is 12.0. The normalized spacial score (nSPS) is 12.9. The average Bonchev–Trinajstić information content (AvgIpc) is 2.29. The summed E-state index contributed by atoms with van der Waals surface area (Å²) in [5.74, 6) is -1.17. The average molecular weight is 266 g/mol. The highest BCUT2D eigenvalue weighted by Gasteiger charge is 2.22. The van der Waals surface area contributed by atoms with Crippen molar-refractivity contribution in [1.29, 1.82) is 0 Å². The SMILES string of the molecule is CC(=O)C(CC=C(C)Cl)C(=O)Nc1ccccc1. The van der Waals surface area contributed by atoms with Crippen LogP contribution in [0.2, 0.25) is 0 Å². The van der Waals surface area contributed by atoms with Crippen LogP contribution in [0.3, 0.4) is 0 Å². The summed E-state index contributed by atoms with van der Waals surface area (Å²) in [6.07, 6.45) is 2.00. The molecule has 0 radical (unpaired) electrons. The number of nitrogens with one attached hydrogen (secondary N) is 1. The minimum atomic E-state index is -0.695. The van der Waals surface area contributed by atoms with Crippen LogP contribution >= 0.6 is 11.6 Å². The second-order valence-corrected chi connectivity index (χ2v) is 4.64. The Morgan fingerprint density at radius 3 is 2.39 bits per heavy atom. The molecule has 1 N–H and O–H groups in total. The second-order valence-electron chi connectivity index (χ2n) is 4.05. The van der Waals surface area contributed by atoms with Gasteiger partial charge in [0.2, 0.25) is 5.91 Å². The summed E-state index contributed by atoms with van der Waals surface area (Å²) in [5.41, 5.74) is 0.681. The van der Waals surface area contributed by atoms with Crippen molar-refractivity contribution in [2.75, 3.05) is 5.32 Å². The quantitative estimate of drug-likeness (QED) is 0.830. The third-order valence-corrected chi connectivity index (χ3v) is 2.64. The fourth-order valence-electron chi connectivity index (χ4n) is 1.49. The topological polar surface area (TPSA) is 46.2 Å². The second kappa shape index (κ2) is 6.97. The van der Waals surface area contributed by atoms with Crippen LogP contribution in [-0.4, -0.2) is 11.7 Å². The first-order valence-electron chi connectivity index (χ1n) is 5.69. The summed E-state index contributed by atoms with van der Waals surface area (Å²) in [7, 11) is 0. The molecule has 1 unspecified atom stereocenters. The largest absolute Gasteiger partial charge is 0.325 e. The molecule has 0 aromatic heterocycles. The Bertz CT molecular complexity index is 450. The zero-order chi connectivity index (χ0) is 13.5. The van der Waals surface area contributed by atoms with Crippen molar-refractivity contribution < 1.29 is 9.59 Å². The number of Topliss-reactive ketones (excluding diaryl/α,β-unsaturated/α-hetero) is 1. The molecule has 0 saturated heterocycles. The molecule has 18 heavy (non-hydrogen) atoms. The third kappa shape index (κ3) is 4.72. The standard InChI is InChI=1S/C14H16ClNO2/c1-10(15)8-9-13(11(2)17)14(18)16-12-6-4-3-5-7-12/h3-8,13H,9H2,1-2H3,(H,16,18). The van der Waals surface area contributed by atoms with Crippen LogP contribution in [0.15, 0.2) is 41.4 Å². The fourth-order valence-corrected chi connectivity index (χ4v) is 1.58. The number of halogens is 1. The smallest absolute Gasteiger partial charge is 0.235 e. The maximum Gasteiger partial charge on any atom is 0.235 e. The number of amides is 1. The summed E-state index contributed by atoms with van der Waals surface area (Å²) < 4.78 is 0. The van der Waals surface area contributed by atoms with Crippen molar-refractivity contribution in [3.05, 3.63) is 41.4 Å². The Hall–Kier alpha value is -1.61. The molecule has 0 aliphatic rings. The molecule has 3 nitrogen and oxygen atoms in total. The highest BCUT2D eigenvalue weighted by atomic mass is 35.5. The van der Waals surface area contributed by atoms with Gasteiger partial charge in [-0.2, -0.15) is 0 Å². The first kappa shape index (κ1) is 14.5. The van der Waals surface area contributed by atoms with Crippen LogP contribution < -0.4 is 5.32 Å². The molecular weight excluding hydrogens is 250 g/mol. The van der Waals surface area contributed by atoms with E-state index in [4.69, 9.17) is 11.6 Å². The first-order chi connectivity index (χ1) is 8.50. The molecule has 0 saturated carbocycles. The van der Waals surface area contributed by atoms with Gasteiger partial charge in [-0.3, -0.25) is 9.59 Å². The van der Waals surface area contributed by atoms with E-state index in [0.717, 1.165) is 0 Å². The van der Waals surface area contributed by atoms with Gasteiger partial charge in [0.05, 0.1) is 5.92 Å². The van der Waals surface area contributed by atoms with Gasteiger partial charge in [0.25, 0.3) is 0 Å². The molecule has 0 heterocycles. The Kier molecular flexibility index (Phi) is 5.59. The Labute approximate surface area is 112 Å². The van der Waals surface area contributed by atoms with Crippen molar-refractivity contribution in [2.24, 2.45) is 5.92 Å². The molecule has 0 fully saturated rings. The lowest BCUT2D eigenvalue weighted by Crippen LogP contribution is -2.27. The predicted molar refractivity (Wildman–Crippen MR) is 73.5 cm³/mol. The lowest BCUT2D eigenvalue weighted by Gasteiger charge is -2.12. The number of allylic oxidation sites excluding steroid dienone is 2. The van der Waals surface area contributed by atoms with Crippen LogP contribution in [-0.2, 0) is 9.59 Å². The van der Waals surface area contributed by atoms with Crippen molar-refractivity contribution in [1.82, 2.24) is 0 Å². The number of hydrogen-bond donors (Lipinski definition) is 1. The number of ketones is 1. The van der Waals surface area contributed by atoms with Crippen molar-refractivity contribution >= 4 is 29.0 Å². The van der Waals surface area contributed by atoms with E-state index in [-0.39, 0.29) is 11.7 Å². The molecule has 0 bridgehead atoms. The highest BCUT2D eigenvalue weighted by molar-refractivity contribution is 6.29. The molecule has 0 aliphatic heterocycles. The van der Waals surface area contributed by atoms with E-state index in [1.807, 2.05) is 18.2 Å². The van der Waals surface area contributed by atoms with Gasteiger partial charge >= 0.3 is 0 Å². The summed E-state index contributed by atoms with van der Waals surface area (Å²) >= 11 is 5.71. The number of hydrogen-bond acceptors (Lipinski definition) is 2. The monoisotopic (exact) mass is 265 g/mol. The van der Waals surface area contributed by atoms with E-state index in [9.17, 15) is 9.59 Å². The lowest BCUT2D eigenvalue weighted by molar-refractivity contribution is -0.129.